The molecule has 1 fully saturated rings. The minimum Gasteiger partial charge on any atom is -0.396 e. The van der Waals surface area contributed by atoms with Gasteiger partial charge in [0, 0.05) is 51.4 Å². The zero-order valence-corrected chi connectivity index (χ0v) is 15.9. The standard InChI is InChI=1S/C19H28N4O4/c1-22(5-6-27-2)9-14-10-23(11-15(14)12-24)19(26)13-3-4-16-17(7-13)21-18(25)8-20-16/h3-4,7,14-15,20,24H,5-6,8-12H2,1-2H3,(H,21,25)/t14-,15-/m1/s1. The molecule has 8 nitrogen and oxygen atoms in total. The SMILES string of the molecule is COCCN(C)C[C@@H]1CN(C(=O)c2ccc3c(c2)NC(=O)CN3)C[C@@H]1CO. The summed E-state index contributed by atoms with van der Waals surface area (Å²) in [4.78, 5) is 28.5. The smallest absolute Gasteiger partial charge is 0.253 e. The van der Waals surface area contributed by atoms with Crippen LogP contribution < -0.4 is 10.6 Å². The second-order valence-electron chi connectivity index (χ2n) is 7.33. The number of benzene rings is 1. The molecule has 3 rings (SSSR count). The molecule has 0 bridgehead atoms. The van der Waals surface area contributed by atoms with E-state index in [1.807, 2.05) is 13.1 Å². The number of carbonyl (C=O) groups excluding carboxylic acids is 2. The maximum atomic E-state index is 13.0. The normalized spacial score (nSPS) is 21.8. The van der Waals surface area contributed by atoms with E-state index in [0.29, 0.717) is 30.9 Å². The number of likely N-dealkylation sites (N-methyl/N-ethyl adjacent to an activating group) is 1. The number of aliphatic hydroxyl groups is 1. The van der Waals surface area contributed by atoms with E-state index in [-0.39, 0.29) is 36.8 Å². The molecular formula is C19H28N4O4. The minimum atomic E-state index is -0.118. The van der Waals surface area contributed by atoms with Gasteiger partial charge < -0.3 is 30.3 Å². The van der Waals surface area contributed by atoms with Crippen LogP contribution in [0.15, 0.2) is 18.2 Å². The molecule has 2 amide bonds. The van der Waals surface area contributed by atoms with Crippen LogP contribution in [-0.4, -0.2) is 86.8 Å². The lowest BCUT2D eigenvalue weighted by Crippen LogP contribution is -2.34. The van der Waals surface area contributed by atoms with Crippen molar-refractivity contribution in [3.63, 3.8) is 0 Å². The fraction of sp³-hybridized carbons (Fsp3) is 0.579. The van der Waals surface area contributed by atoms with Crippen molar-refractivity contribution in [3.8, 4) is 0 Å². The molecule has 0 saturated carbocycles. The van der Waals surface area contributed by atoms with Crippen LogP contribution in [-0.2, 0) is 9.53 Å². The van der Waals surface area contributed by atoms with Crippen LogP contribution in [0, 0.1) is 11.8 Å². The van der Waals surface area contributed by atoms with Gasteiger partial charge in [0.25, 0.3) is 5.91 Å². The number of amides is 2. The predicted molar refractivity (Wildman–Crippen MR) is 103 cm³/mol. The van der Waals surface area contributed by atoms with Gasteiger partial charge in [0.2, 0.25) is 5.91 Å². The number of nitrogens with zero attached hydrogens (tertiary/aromatic N) is 2. The summed E-state index contributed by atoms with van der Waals surface area (Å²) in [6.07, 6.45) is 0. The Bertz CT molecular complexity index is 696. The first-order chi connectivity index (χ1) is 13.0. The number of methoxy groups -OCH3 is 1. The van der Waals surface area contributed by atoms with E-state index in [1.54, 1.807) is 24.1 Å². The Balaban J connectivity index is 1.66. The molecule has 2 heterocycles. The van der Waals surface area contributed by atoms with Crippen molar-refractivity contribution in [2.45, 2.75) is 0 Å². The molecule has 1 aromatic rings. The molecule has 3 N–H and O–H groups in total. The summed E-state index contributed by atoms with van der Waals surface area (Å²) in [7, 11) is 3.70. The van der Waals surface area contributed by atoms with Gasteiger partial charge in [0.15, 0.2) is 0 Å². The fourth-order valence-electron chi connectivity index (χ4n) is 3.74. The van der Waals surface area contributed by atoms with Crippen LogP contribution in [0.4, 0.5) is 11.4 Å². The molecule has 0 unspecified atom stereocenters. The minimum absolute atomic E-state index is 0.0662. The summed E-state index contributed by atoms with van der Waals surface area (Å²) < 4.78 is 5.11. The Morgan fingerprint density at radius 1 is 1.33 bits per heavy atom. The third-order valence-electron chi connectivity index (χ3n) is 5.30. The van der Waals surface area contributed by atoms with Crippen LogP contribution in [0.1, 0.15) is 10.4 Å². The molecule has 0 spiro atoms. The molecule has 2 aliphatic rings. The molecule has 2 aliphatic heterocycles. The first-order valence-electron chi connectivity index (χ1n) is 9.27. The van der Waals surface area contributed by atoms with Gasteiger partial charge in [-0.15, -0.1) is 0 Å². The highest BCUT2D eigenvalue weighted by Crippen LogP contribution is 2.29. The summed E-state index contributed by atoms with van der Waals surface area (Å²) in [5, 5.41) is 15.6. The Morgan fingerprint density at radius 3 is 2.85 bits per heavy atom. The summed E-state index contributed by atoms with van der Waals surface area (Å²) in [5.41, 5.74) is 1.99. The molecule has 8 heteroatoms. The maximum absolute atomic E-state index is 13.0. The summed E-state index contributed by atoms with van der Waals surface area (Å²) in [6, 6.07) is 5.31. The molecule has 0 radical (unpaired) electrons. The van der Waals surface area contributed by atoms with Crippen molar-refractivity contribution in [1.82, 2.24) is 9.80 Å². The van der Waals surface area contributed by atoms with Gasteiger partial charge in [-0.05, 0) is 31.2 Å². The van der Waals surface area contributed by atoms with Crippen molar-refractivity contribution in [2.24, 2.45) is 11.8 Å². The highest BCUT2D eigenvalue weighted by Gasteiger charge is 2.35. The number of carbonyl (C=O) groups is 2. The van der Waals surface area contributed by atoms with Crippen molar-refractivity contribution >= 4 is 23.2 Å². The highest BCUT2D eigenvalue weighted by atomic mass is 16.5. The second-order valence-corrected chi connectivity index (χ2v) is 7.33. The number of anilines is 2. The second kappa shape index (κ2) is 8.69. The van der Waals surface area contributed by atoms with E-state index in [1.165, 1.54) is 0 Å². The summed E-state index contributed by atoms with van der Waals surface area (Å²) >= 11 is 0. The Kier molecular flexibility index (Phi) is 6.30. The number of nitrogens with one attached hydrogen (secondary N) is 2. The monoisotopic (exact) mass is 376 g/mol. The molecule has 148 valence electrons. The Hall–Kier alpha value is -2.16. The number of rotatable bonds is 7. The lowest BCUT2D eigenvalue weighted by molar-refractivity contribution is -0.114. The lowest BCUT2D eigenvalue weighted by atomic mass is 9.96. The number of fused-ring (bicyclic) bond motifs is 1. The summed E-state index contributed by atoms with van der Waals surface area (Å²) in [5.74, 6) is 0.101. The van der Waals surface area contributed by atoms with Gasteiger partial charge in [-0.2, -0.15) is 0 Å². The van der Waals surface area contributed by atoms with Crippen LogP contribution >= 0.6 is 0 Å². The Labute approximate surface area is 159 Å². The van der Waals surface area contributed by atoms with Crippen molar-refractivity contribution in [3.05, 3.63) is 23.8 Å². The van der Waals surface area contributed by atoms with Crippen LogP contribution in [0.3, 0.4) is 0 Å². The number of hydrogen-bond acceptors (Lipinski definition) is 6. The van der Waals surface area contributed by atoms with Crippen molar-refractivity contribution in [1.29, 1.82) is 0 Å². The largest absolute Gasteiger partial charge is 0.396 e. The molecule has 0 aliphatic carbocycles. The number of ether oxygens (including phenoxy) is 1. The average Bonchev–Trinajstić information content (AvgIpc) is 3.07. The quantitative estimate of drug-likeness (QED) is 0.634. The molecular weight excluding hydrogens is 348 g/mol. The lowest BCUT2D eigenvalue weighted by Gasteiger charge is -2.23. The average molecular weight is 376 g/mol. The molecule has 1 aromatic carbocycles. The zero-order valence-electron chi connectivity index (χ0n) is 15.9. The molecule has 1 saturated heterocycles. The van der Waals surface area contributed by atoms with Gasteiger partial charge in [-0.1, -0.05) is 0 Å². The number of hydrogen-bond donors (Lipinski definition) is 3. The van der Waals surface area contributed by atoms with Crippen molar-refractivity contribution < 1.29 is 19.4 Å². The van der Waals surface area contributed by atoms with Gasteiger partial charge in [0.1, 0.15) is 0 Å². The topological polar surface area (TPSA) is 94.1 Å². The van der Waals surface area contributed by atoms with Crippen molar-refractivity contribution in [2.75, 3.05) is 70.7 Å². The van der Waals surface area contributed by atoms with Gasteiger partial charge in [0.05, 0.1) is 24.5 Å². The van der Waals surface area contributed by atoms with Gasteiger partial charge >= 0.3 is 0 Å². The third-order valence-corrected chi connectivity index (χ3v) is 5.30. The molecule has 27 heavy (non-hydrogen) atoms. The van der Waals surface area contributed by atoms with E-state index < -0.39 is 0 Å². The van der Waals surface area contributed by atoms with Crippen LogP contribution in [0.5, 0.6) is 0 Å². The first-order valence-corrected chi connectivity index (χ1v) is 9.27. The predicted octanol–water partition coefficient (Wildman–Crippen LogP) is 0.309. The van der Waals surface area contributed by atoms with E-state index in [0.717, 1.165) is 18.8 Å². The maximum Gasteiger partial charge on any atom is 0.253 e. The van der Waals surface area contributed by atoms with E-state index in [9.17, 15) is 14.7 Å². The molecule has 2 atom stereocenters. The van der Waals surface area contributed by atoms with Crippen LogP contribution in [0.25, 0.3) is 0 Å². The van der Waals surface area contributed by atoms with E-state index in [4.69, 9.17) is 4.74 Å². The van der Waals surface area contributed by atoms with Gasteiger partial charge in [-0.3, -0.25) is 9.59 Å². The Morgan fingerprint density at radius 2 is 2.11 bits per heavy atom. The molecule has 0 aromatic heterocycles. The van der Waals surface area contributed by atoms with Crippen LogP contribution in [0.2, 0.25) is 0 Å². The van der Waals surface area contributed by atoms with Gasteiger partial charge in [-0.25, -0.2) is 0 Å². The number of likely N-dealkylation sites (tertiary alicyclic amines) is 1. The fourth-order valence-corrected chi connectivity index (χ4v) is 3.74. The summed E-state index contributed by atoms with van der Waals surface area (Å²) in [6.45, 7) is 3.74. The highest BCUT2D eigenvalue weighted by molar-refractivity contribution is 6.03. The number of aliphatic hydroxyl groups excluding tert-OH is 1. The van der Waals surface area contributed by atoms with E-state index >= 15 is 0 Å². The zero-order chi connectivity index (χ0) is 19.4. The first kappa shape index (κ1) is 19.6. The van der Waals surface area contributed by atoms with E-state index in [2.05, 4.69) is 15.5 Å². The third kappa shape index (κ3) is 4.58.